The highest BCUT2D eigenvalue weighted by Crippen LogP contribution is 2.42. The molecular weight excluding hydrogens is 336 g/mol. The van der Waals surface area contributed by atoms with E-state index >= 15 is 0 Å². The molecule has 2 amide bonds. The Morgan fingerprint density at radius 2 is 2.16 bits per heavy atom. The number of carbonyl (C=O) groups is 2. The van der Waals surface area contributed by atoms with Crippen molar-refractivity contribution < 1.29 is 9.59 Å². The Morgan fingerprint density at radius 3 is 2.88 bits per heavy atom. The standard InChI is InChI=1S/C18H26N4O2S/c1-2-13-15(25-17(19)20-13)16(24)21-9-3-7-18(10-21)8-6-14(23)22(11-18)12-4-5-12/h12H,2-11H2,1H3,(H2,19,20)/t18-/m1/s1. The monoisotopic (exact) mass is 362 g/mol. The molecule has 3 fully saturated rings. The van der Waals surface area contributed by atoms with Gasteiger partial charge in [-0.1, -0.05) is 18.3 Å². The number of nitrogens with zero attached hydrogens (tertiary/aromatic N) is 3. The van der Waals surface area contributed by atoms with E-state index in [9.17, 15) is 9.59 Å². The van der Waals surface area contributed by atoms with Gasteiger partial charge in [-0.25, -0.2) is 4.98 Å². The molecule has 0 aromatic carbocycles. The molecule has 6 nitrogen and oxygen atoms in total. The number of anilines is 1. The Hall–Kier alpha value is -1.63. The van der Waals surface area contributed by atoms with E-state index in [0.29, 0.717) is 28.4 Å². The maximum Gasteiger partial charge on any atom is 0.265 e. The predicted octanol–water partition coefficient (Wildman–Crippen LogP) is 2.29. The van der Waals surface area contributed by atoms with Gasteiger partial charge in [-0.15, -0.1) is 0 Å². The number of nitrogen functional groups attached to an aromatic ring is 1. The summed E-state index contributed by atoms with van der Waals surface area (Å²) < 4.78 is 0. The first-order valence-electron chi connectivity index (χ1n) is 9.35. The van der Waals surface area contributed by atoms with Crippen LogP contribution in [0.15, 0.2) is 0 Å². The number of hydrogen-bond donors (Lipinski definition) is 1. The molecule has 4 rings (SSSR count). The molecule has 1 aliphatic carbocycles. The van der Waals surface area contributed by atoms with Crippen molar-refractivity contribution in [3.8, 4) is 0 Å². The zero-order valence-corrected chi connectivity index (χ0v) is 15.6. The van der Waals surface area contributed by atoms with Gasteiger partial charge in [0.2, 0.25) is 5.91 Å². The van der Waals surface area contributed by atoms with Crippen LogP contribution in [-0.4, -0.2) is 52.3 Å². The molecule has 2 N–H and O–H groups in total. The molecule has 7 heteroatoms. The summed E-state index contributed by atoms with van der Waals surface area (Å²) in [7, 11) is 0. The third-order valence-electron chi connectivity index (χ3n) is 5.87. The fourth-order valence-corrected chi connectivity index (χ4v) is 5.29. The van der Waals surface area contributed by atoms with Gasteiger partial charge in [-0.2, -0.15) is 0 Å². The number of piperidine rings is 2. The lowest BCUT2D eigenvalue weighted by molar-refractivity contribution is -0.139. The Bertz CT molecular complexity index is 699. The molecule has 2 aliphatic heterocycles. The molecule has 1 aromatic rings. The van der Waals surface area contributed by atoms with E-state index < -0.39 is 0 Å². The number of hydrogen-bond acceptors (Lipinski definition) is 5. The van der Waals surface area contributed by atoms with E-state index in [1.165, 1.54) is 11.3 Å². The third-order valence-corrected chi connectivity index (χ3v) is 6.79. The second-order valence-corrected chi connectivity index (χ2v) is 8.80. The lowest BCUT2D eigenvalue weighted by Gasteiger charge is -2.48. The van der Waals surface area contributed by atoms with Crippen LogP contribution in [0.3, 0.4) is 0 Å². The number of carbonyl (C=O) groups excluding carboxylic acids is 2. The highest BCUT2D eigenvalue weighted by Gasteiger charge is 2.46. The molecule has 0 bridgehead atoms. The fourth-order valence-electron chi connectivity index (χ4n) is 4.40. The molecule has 136 valence electrons. The molecular formula is C18H26N4O2S. The van der Waals surface area contributed by atoms with Crippen LogP contribution in [0.25, 0.3) is 0 Å². The lowest BCUT2D eigenvalue weighted by atomic mass is 9.73. The second-order valence-electron chi connectivity index (χ2n) is 7.76. The SMILES string of the molecule is CCc1nc(N)sc1C(=O)N1CCC[C@@]2(CCC(=O)N(C3CC3)C2)C1. The van der Waals surface area contributed by atoms with Crippen molar-refractivity contribution in [3.63, 3.8) is 0 Å². The van der Waals surface area contributed by atoms with E-state index in [1.54, 1.807) is 0 Å². The van der Waals surface area contributed by atoms with Crippen LogP contribution in [0.4, 0.5) is 5.13 Å². The lowest BCUT2D eigenvalue weighted by Crippen LogP contribution is -2.55. The van der Waals surface area contributed by atoms with Gasteiger partial charge in [0, 0.05) is 37.5 Å². The van der Waals surface area contributed by atoms with Gasteiger partial charge in [0.25, 0.3) is 5.91 Å². The van der Waals surface area contributed by atoms with Crippen LogP contribution < -0.4 is 5.73 Å². The molecule has 1 aromatic heterocycles. The molecule has 1 saturated carbocycles. The van der Waals surface area contributed by atoms with E-state index in [-0.39, 0.29) is 11.3 Å². The zero-order valence-electron chi connectivity index (χ0n) is 14.8. The summed E-state index contributed by atoms with van der Waals surface area (Å²) in [6.45, 7) is 4.37. The molecule has 0 unspecified atom stereocenters. The van der Waals surface area contributed by atoms with Crippen molar-refractivity contribution in [2.24, 2.45) is 5.41 Å². The van der Waals surface area contributed by atoms with E-state index in [4.69, 9.17) is 5.73 Å². The highest BCUT2D eigenvalue weighted by atomic mass is 32.1. The topological polar surface area (TPSA) is 79.5 Å². The quantitative estimate of drug-likeness (QED) is 0.895. The van der Waals surface area contributed by atoms with Crippen LogP contribution in [0.5, 0.6) is 0 Å². The average molecular weight is 362 g/mol. The number of nitrogens with two attached hydrogens (primary N) is 1. The normalized spacial score (nSPS) is 27.2. The summed E-state index contributed by atoms with van der Waals surface area (Å²) >= 11 is 1.30. The second kappa shape index (κ2) is 6.27. The summed E-state index contributed by atoms with van der Waals surface area (Å²) in [5.41, 5.74) is 6.71. The number of rotatable bonds is 3. The van der Waals surface area contributed by atoms with Gasteiger partial charge in [0.1, 0.15) is 4.88 Å². The summed E-state index contributed by atoms with van der Waals surface area (Å²) in [5, 5.41) is 0.468. The Morgan fingerprint density at radius 1 is 1.36 bits per heavy atom. The van der Waals surface area contributed by atoms with E-state index in [0.717, 1.165) is 63.9 Å². The summed E-state index contributed by atoms with van der Waals surface area (Å²) in [6.07, 6.45) is 6.66. The van der Waals surface area contributed by atoms with Gasteiger partial charge in [-0.05, 0) is 38.5 Å². The maximum absolute atomic E-state index is 13.1. The first kappa shape index (κ1) is 16.8. The molecule has 1 atom stereocenters. The van der Waals surface area contributed by atoms with Gasteiger partial charge in [-0.3, -0.25) is 9.59 Å². The predicted molar refractivity (Wildman–Crippen MR) is 97.4 cm³/mol. The summed E-state index contributed by atoms with van der Waals surface area (Å²) in [5.74, 6) is 0.375. The van der Waals surface area contributed by atoms with Crippen LogP contribution in [0, 0.1) is 5.41 Å². The van der Waals surface area contributed by atoms with Gasteiger partial charge >= 0.3 is 0 Å². The Kier molecular flexibility index (Phi) is 4.22. The third kappa shape index (κ3) is 3.14. The Balaban J connectivity index is 1.52. The van der Waals surface area contributed by atoms with Gasteiger partial charge in [0.15, 0.2) is 5.13 Å². The van der Waals surface area contributed by atoms with E-state index in [1.807, 2.05) is 11.8 Å². The summed E-state index contributed by atoms with van der Waals surface area (Å²) in [6, 6.07) is 0.462. The van der Waals surface area contributed by atoms with Gasteiger partial charge < -0.3 is 15.5 Å². The number of amides is 2. The van der Waals surface area contributed by atoms with Crippen molar-refractivity contribution in [1.29, 1.82) is 0 Å². The highest BCUT2D eigenvalue weighted by molar-refractivity contribution is 7.17. The first-order chi connectivity index (χ1) is 12.0. The van der Waals surface area contributed by atoms with Crippen molar-refractivity contribution in [1.82, 2.24) is 14.8 Å². The van der Waals surface area contributed by atoms with Crippen LogP contribution in [-0.2, 0) is 11.2 Å². The average Bonchev–Trinajstić information content (AvgIpc) is 3.38. The molecule has 3 heterocycles. The van der Waals surface area contributed by atoms with Crippen LogP contribution in [0.2, 0.25) is 0 Å². The molecule has 0 radical (unpaired) electrons. The molecule has 25 heavy (non-hydrogen) atoms. The van der Waals surface area contributed by atoms with Crippen molar-refractivity contribution >= 4 is 28.3 Å². The van der Waals surface area contributed by atoms with Crippen LogP contribution >= 0.6 is 11.3 Å². The van der Waals surface area contributed by atoms with Crippen LogP contribution in [0.1, 0.15) is 60.8 Å². The molecule has 3 aliphatic rings. The molecule has 2 saturated heterocycles. The number of aryl methyl sites for hydroxylation is 1. The van der Waals surface area contributed by atoms with Crippen molar-refractivity contribution in [2.45, 2.75) is 57.9 Å². The zero-order chi connectivity index (χ0) is 17.6. The minimum atomic E-state index is 0.0694. The number of aromatic nitrogens is 1. The summed E-state index contributed by atoms with van der Waals surface area (Å²) in [4.78, 5) is 34.4. The minimum Gasteiger partial charge on any atom is -0.375 e. The van der Waals surface area contributed by atoms with E-state index in [2.05, 4.69) is 9.88 Å². The van der Waals surface area contributed by atoms with Gasteiger partial charge in [0.05, 0.1) is 5.69 Å². The van der Waals surface area contributed by atoms with Crippen molar-refractivity contribution in [2.75, 3.05) is 25.4 Å². The first-order valence-corrected chi connectivity index (χ1v) is 10.2. The Labute approximate surface area is 152 Å². The molecule has 1 spiro atoms. The number of likely N-dealkylation sites (tertiary alicyclic amines) is 2. The maximum atomic E-state index is 13.1. The minimum absolute atomic E-state index is 0.0694. The fraction of sp³-hybridized carbons (Fsp3) is 0.722. The van der Waals surface area contributed by atoms with Crippen molar-refractivity contribution in [3.05, 3.63) is 10.6 Å². The largest absolute Gasteiger partial charge is 0.375 e. The number of thiazole rings is 1. The smallest absolute Gasteiger partial charge is 0.265 e.